The Kier molecular flexibility index (Phi) is 54.9. The van der Waals surface area contributed by atoms with Crippen LogP contribution in [0.5, 0.6) is 0 Å². The van der Waals surface area contributed by atoms with Crippen molar-refractivity contribution in [3.05, 3.63) is 109 Å². The van der Waals surface area contributed by atoms with E-state index in [9.17, 15) is 9.59 Å². The lowest BCUT2D eigenvalue weighted by Gasteiger charge is -2.18. The molecule has 0 aromatic heterocycles. The fourth-order valence-electron chi connectivity index (χ4n) is 7.60. The van der Waals surface area contributed by atoms with Crippen molar-refractivity contribution in [1.29, 1.82) is 0 Å². The van der Waals surface area contributed by atoms with Gasteiger partial charge in [0.1, 0.15) is 6.61 Å². The third kappa shape index (κ3) is 55.2. The maximum absolute atomic E-state index is 12.9. The summed E-state index contributed by atoms with van der Waals surface area (Å²) in [5.74, 6) is -0.432. The van der Waals surface area contributed by atoms with Crippen molar-refractivity contribution in [3.8, 4) is 0 Å². The van der Waals surface area contributed by atoms with Gasteiger partial charge in [-0.05, 0) is 122 Å². The molecule has 0 amide bonds. The van der Waals surface area contributed by atoms with Gasteiger partial charge in [-0.25, -0.2) is 0 Å². The predicted molar refractivity (Wildman–Crippen MR) is 297 cm³/mol. The van der Waals surface area contributed by atoms with Gasteiger partial charge in [0.25, 0.3) is 0 Å². The van der Waals surface area contributed by atoms with E-state index in [2.05, 4.69) is 130 Å². The summed E-state index contributed by atoms with van der Waals surface area (Å²) < 4.78 is 17.4. The molecule has 1 atom stereocenters. The van der Waals surface area contributed by atoms with Gasteiger partial charge in [-0.3, -0.25) is 9.59 Å². The number of hydrogen-bond acceptors (Lipinski definition) is 5. The number of unbranched alkanes of at least 4 members (excludes halogenated alkanes) is 22. The Labute approximate surface area is 421 Å². The summed E-state index contributed by atoms with van der Waals surface area (Å²) in [6.07, 6.45) is 79.6. The highest BCUT2D eigenvalue weighted by Gasteiger charge is 2.17. The number of hydrogen-bond donors (Lipinski definition) is 0. The maximum atomic E-state index is 12.9. The Balaban J connectivity index is 4.34. The van der Waals surface area contributed by atoms with E-state index in [1.54, 1.807) is 0 Å². The molecule has 0 aliphatic rings. The van der Waals surface area contributed by atoms with Crippen LogP contribution in [0.15, 0.2) is 109 Å². The van der Waals surface area contributed by atoms with Gasteiger partial charge >= 0.3 is 11.9 Å². The Morgan fingerprint density at radius 3 is 1.06 bits per heavy atom. The van der Waals surface area contributed by atoms with E-state index in [0.717, 1.165) is 116 Å². The van der Waals surface area contributed by atoms with E-state index in [4.69, 9.17) is 14.2 Å². The summed E-state index contributed by atoms with van der Waals surface area (Å²) in [5, 5.41) is 0. The quantitative estimate of drug-likeness (QED) is 0.0345. The molecule has 1 unspecified atom stereocenters. The molecule has 68 heavy (non-hydrogen) atoms. The minimum Gasteiger partial charge on any atom is -0.462 e. The molecule has 0 N–H and O–H groups in total. The van der Waals surface area contributed by atoms with Crippen LogP contribution in [0.4, 0.5) is 0 Å². The number of ether oxygens (including phenoxy) is 3. The number of allylic oxidation sites excluding steroid dienone is 18. The maximum Gasteiger partial charge on any atom is 0.306 e. The molecule has 5 heteroatoms. The van der Waals surface area contributed by atoms with Crippen molar-refractivity contribution in [2.24, 2.45) is 0 Å². The smallest absolute Gasteiger partial charge is 0.306 e. The Morgan fingerprint density at radius 2 is 0.662 bits per heavy atom. The second-order valence-corrected chi connectivity index (χ2v) is 18.4. The van der Waals surface area contributed by atoms with E-state index >= 15 is 0 Å². The first-order chi connectivity index (χ1) is 33.6. The molecule has 0 aliphatic heterocycles. The summed E-state index contributed by atoms with van der Waals surface area (Å²) in [5.41, 5.74) is 0. The first-order valence-corrected chi connectivity index (χ1v) is 28.4. The van der Waals surface area contributed by atoms with Gasteiger partial charge in [0.15, 0.2) is 6.10 Å². The second-order valence-electron chi connectivity index (χ2n) is 18.4. The van der Waals surface area contributed by atoms with Crippen LogP contribution < -0.4 is 0 Å². The molecule has 0 saturated carbocycles. The Hall–Kier alpha value is -3.44. The van der Waals surface area contributed by atoms with Crippen LogP contribution in [0, 0.1) is 0 Å². The lowest BCUT2D eigenvalue weighted by atomic mass is 10.1. The van der Waals surface area contributed by atoms with Crippen LogP contribution in [0.3, 0.4) is 0 Å². The average Bonchev–Trinajstić information content (AvgIpc) is 3.34. The average molecular weight is 944 g/mol. The molecule has 0 aliphatic carbocycles. The molecule has 0 heterocycles. The van der Waals surface area contributed by atoms with E-state index in [-0.39, 0.29) is 25.2 Å². The molecular formula is C63H106O5. The molecule has 0 aromatic rings. The standard InChI is InChI=1S/C63H106O5/c1-4-7-10-13-16-19-22-25-28-30-32-34-36-38-41-44-47-50-53-56-62(64)67-60-61(59-66-58-55-52-49-46-43-40-27-24-21-18-15-12-9-6-3)68-63(65)57-54-51-48-45-42-39-37-35-33-31-29-26-23-20-17-14-11-8-5-2/h7,9-10,12,16-21,25-29,32,34,40,61H,4-6,8,11,13-15,22-24,30-31,33,35-39,41-60H2,1-3H3/b10-7-,12-9-,19-16-,20-17-,21-18-,28-25-,29-26-,34-32-,40-27-. The second kappa shape index (κ2) is 57.9. The van der Waals surface area contributed by atoms with Gasteiger partial charge in [-0.1, -0.05) is 226 Å². The van der Waals surface area contributed by atoms with Crippen molar-refractivity contribution in [2.75, 3.05) is 19.8 Å². The topological polar surface area (TPSA) is 61.8 Å². The number of esters is 2. The summed E-state index contributed by atoms with van der Waals surface area (Å²) >= 11 is 0. The fourth-order valence-corrected chi connectivity index (χ4v) is 7.60. The molecule has 0 rings (SSSR count). The van der Waals surface area contributed by atoms with Crippen molar-refractivity contribution in [1.82, 2.24) is 0 Å². The molecule has 0 bridgehead atoms. The Bertz CT molecular complexity index is 1340. The SMILES string of the molecule is CC/C=C\C/C=C\C/C=C\C/C=C\CCCCCCCCC(=O)OCC(COCCCCCC/C=C\C/C=C\C/C=C\CC)OC(=O)CCCCCCCCCCC/C=C\C/C=C\CCCCC. The monoisotopic (exact) mass is 943 g/mol. The van der Waals surface area contributed by atoms with Crippen LogP contribution in [0.25, 0.3) is 0 Å². The highest BCUT2D eigenvalue weighted by atomic mass is 16.6. The van der Waals surface area contributed by atoms with Crippen molar-refractivity contribution >= 4 is 11.9 Å². The van der Waals surface area contributed by atoms with Crippen LogP contribution in [-0.2, 0) is 23.8 Å². The molecular weight excluding hydrogens is 837 g/mol. The highest BCUT2D eigenvalue weighted by Crippen LogP contribution is 2.14. The minimum atomic E-state index is -0.564. The Morgan fingerprint density at radius 1 is 0.338 bits per heavy atom. The van der Waals surface area contributed by atoms with Crippen LogP contribution in [0.2, 0.25) is 0 Å². The van der Waals surface area contributed by atoms with Gasteiger partial charge in [-0.2, -0.15) is 0 Å². The van der Waals surface area contributed by atoms with Gasteiger partial charge in [0.05, 0.1) is 6.61 Å². The van der Waals surface area contributed by atoms with Gasteiger partial charge in [0, 0.05) is 19.4 Å². The van der Waals surface area contributed by atoms with E-state index < -0.39 is 6.10 Å². The number of carbonyl (C=O) groups is 2. The zero-order valence-electron chi connectivity index (χ0n) is 44.6. The first kappa shape index (κ1) is 64.6. The van der Waals surface area contributed by atoms with Gasteiger partial charge in [-0.15, -0.1) is 0 Å². The number of carbonyl (C=O) groups excluding carboxylic acids is 2. The third-order valence-corrected chi connectivity index (χ3v) is 11.8. The van der Waals surface area contributed by atoms with Gasteiger partial charge < -0.3 is 14.2 Å². The summed E-state index contributed by atoms with van der Waals surface area (Å²) in [6, 6.07) is 0. The van der Waals surface area contributed by atoms with Crippen LogP contribution in [-0.4, -0.2) is 37.9 Å². The summed E-state index contributed by atoms with van der Waals surface area (Å²) in [7, 11) is 0. The van der Waals surface area contributed by atoms with Crippen molar-refractivity contribution in [2.45, 2.75) is 258 Å². The zero-order valence-corrected chi connectivity index (χ0v) is 44.6. The summed E-state index contributed by atoms with van der Waals surface area (Å²) in [4.78, 5) is 25.5. The molecule has 0 saturated heterocycles. The van der Waals surface area contributed by atoms with Crippen molar-refractivity contribution in [3.63, 3.8) is 0 Å². The van der Waals surface area contributed by atoms with E-state index in [1.807, 2.05) is 0 Å². The molecule has 388 valence electrons. The van der Waals surface area contributed by atoms with Crippen molar-refractivity contribution < 1.29 is 23.8 Å². The fraction of sp³-hybridized carbons (Fsp3) is 0.683. The van der Waals surface area contributed by atoms with Crippen LogP contribution >= 0.6 is 0 Å². The molecule has 0 spiro atoms. The largest absolute Gasteiger partial charge is 0.462 e. The highest BCUT2D eigenvalue weighted by molar-refractivity contribution is 5.70. The van der Waals surface area contributed by atoms with Crippen LogP contribution in [0.1, 0.15) is 252 Å². The summed E-state index contributed by atoms with van der Waals surface area (Å²) in [6.45, 7) is 7.52. The first-order valence-electron chi connectivity index (χ1n) is 28.4. The molecule has 0 radical (unpaired) electrons. The van der Waals surface area contributed by atoms with E-state index in [0.29, 0.717) is 19.4 Å². The van der Waals surface area contributed by atoms with Gasteiger partial charge in [0.2, 0.25) is 0 Å². The minimum absolute atomic E-state index is 0.0612. The molecule has 0 aromatic carbocycles. The third-order valence-electron chi connectivity index (χ3n) is 11.8. The lowest BCUT2D eigenvalue weighted by Crippen LogP contribution is -2.30. The predicted octanol–water partition coefficient (Wildman–Crippen LogP) is 19.6. The number of rotatable bonds is 51. The normalized spacial score (nSPS) is 13.0. The van der Waals surface area contributed by atoms with E-state index in [1.165, 1.54) is 103 Å². The zero-order chi connectivity index (χ0) is 49.2. The molecule has 0 fully saturated rings. The lowest BCUT2D eigenvalue weighted by molar-refractivity contribution is -0.163. The molecule has 5 nitrogen and oxygen atoms in total.